The number of Topliss-reactive ketones (excluding diaryl/α,β-unsaturated/α-hetero) is 1. The zero-order valence-electron chi connectivity index (χ0n) is 14.8. The second kappa shape index (κ2) is 8.52. The van der Waals surface area contributed by atoms with Gasteiger partial charge in [0.1, 0.15) is 5.82 Å². The SMILES string of the molecule is N#CC(NNc1cc(Cl)cc(C(F)(F)F)c1)C(=O)c1cc(-c2ccc(F)cc2)on1. The highest BCUT2D eigenvalue weighted by molar-refractivity contribution is 6.30. The number of nitriles is 1. The van der Waals surface area contributed by atoms with Crippen molar-refractivity contribution in [3.8, 4) is 17.4 Å². The largest absolute Gasteiger partial charge is 0.416 e. The Morgan fingerprint density at radius 1 is 1.17 bits per heavy atom. The molecule has 0 aliphatic rings. The topological polar surface area (TPSA) is 91.0 Å². The molecule has 2 N–H and O–H groups in total. The van der Waals surface area contributed by atoms with Crippen LogP contribution in [0.4, 0.5) is 23.2 Å². The molecule has 6 nitrogen and oxygen atoms in total. The minimum atomic E-state index is -4.62. The van der Waals surface area contributed by atoms with E-state index in [-0.39, 0.29) is 22.2 Å². The first-order chi connectivity index (χ1) is 14.2. The first-order valence-corrected chi connectivity index (χ1v) is 8.61. The van der Waals surface area contributed by atoms with Crippen LogP contribution in [0.3, 0.4) is 0 Å². The fourth-order valence-electron chi connectivity index (χ4n) is 2.43. The van der Waals surface area contributed by atoms with Gasteiger partial charge in [0.2, 0.25) is 5.78 Å². The predicted octanol–water partition coefficient (Wildman–Crippen LogP) is 4.84. The van der Waals surface area contributed by atoms with Crippen LogP contribution in [0.1, 0.15) is 16.1 Å². The number of nitrogens with zero attached hydrogens (tertiary/aromatic N) is 2. The predicted molar refractivity (Wildman–Crippen MR) is 98.8 cm³/mol. The molecule has 1 unspecified atom stereocenters. The number of carbonyl (C=O) groups excluding carboxylic acids is 1. The number of anilines is 1. The number of ketones is 1. The van der Waals surface area contributed by atoms with Crippen molar-refractivity contribution < 1.29 is 26.9 Å². The van der Waals surface area contributed by atoms with Crippen LogP contribution in [0.25, 0.3) is 11.3 Å². The van der Waals surface area contributed by atoms with Crippen molar-refractivity contribution >= 4 is 23.1 Å². The lowest BCUT2D eigenvalue weighted by atomic mass is 10.1. The second-order valence-corrected chi connectivity index (χ2v) is 6.44. The Kier molecular flexibility index (Phi) is 6.05. The van der Waals surface area contributed by atoms with Crippen LogP contribution in [0, 0.1) is 17.1 Å². The molecule has 0 fully saturated rings. The molecule has 3 aromatic rings. The highest BCUT2D eigenvalue weighted by Crippen LogP contribution is 2.33. The monoisotopic (exact) mass is 438 g/mol. The molecular formula is C19H11ClF4N4O2. The van der Waals surface area contributed by atoms with Gasteiger partial charge in [-0.2, -0.15) is 18.4 Å². The molecule has 0 amide bonds. The van der Waals surface area contributed by atoms with Crippen molar-refractivity contribution in [2.45, 2.75) is 12.2 Å². The number of hydrogen-bond acceptors (Lipinski definition) is 6. The van der Waals surface area contributed by atoms with Crippen LogP contribution in [0.15, 0.2) is 53.1 Å². The van der Waals surface area contributed by atoms with Gasteiger partial charge in [-0.05, 0) is 42.5 Å². The van der Waals surface area contributed by atoms with Gasteiger partial charge in [0.15, 0.2) is 17.5 Å². The molecule has 0 bridgehead atoms. The van der Waals surface area contributed by atoms with Crippen LogP contribution in [0.5, 0.6) is 0 Å². The van der Waals surface area contributed by atoms with E-state index in [1.54, 1.807) is 6.07 Å². The normalized spacial score (nSPS) is 12.3. The van der Waals surface area contributed by atoms with Crippen molar-refractivity contribution in [2.75, 3.05) is 5.43 Å². The summed E-state index contributed by atoms with van der Waals surface area (Å²) in [6.45, 7) is 0. The summed E-state index contributed by atoms with van der Waals surface area (Å²) < 4.78 is 56.7. The molecule has 1 aromatic heterocycles. The molecule has 3 rings (SSSR count). The Labute approximate surface area is 172 Å². The molecule has 2 aromatic carbocycles. The number of nitrogens with one attached hydrogen (secondary N) is 2. The number of carbonyl (C=O) groups is 1. The fraction of sp³-hybridized carbons (Fsp3) is 0.105. The summed E-state index contributed by atoms with van der Waals surface area (Å²) in [6.07, 6.45) is -4.62. The third kappa shape index (κ3) is 4.94. The number of alkyl halides is 3. The molecule has 1 heterocycles. The van der Waals surface area contributed by atoms with E-state index in [0.29, 0.717) is 5.56 Å². The molecule has 30 heavy (non-hydrogen) atoms. The third-order valence-electron chi connectivity index (χ3n) is 3.87. The molecule has 0 spiro atoms. The lowest BCUT2D eigenvalue weighted by Crippen LogP contribution is -2.39. The Morgan fingerprint density at radius 3 is 2.50 bits per heavy atom. The summed E-state index contributed by atoms with van der Waals surface area (Å²) in [4.78, 5) is 12.5. The Hall–Kier alpha value is -3.42. The molecule has 11 heteroatoms. The Bertz CT molecular complexity index is 1110. The quantitative estimate of drug-likeness (QED) is 0.325. The molecule has 0 saturated heterocycles. The highest BCUT2D eigenvalue weighted by atomic mass is 35.5. The highest BCUT2D eigenvalue weighted by Gasteiger charge is 2.31. The summed E-state index contributed by atoms with van der Waals surface area (Å²) in [5.41, 5.74) is 3.86. The average Bonchev–Trinajstić information content (AvgIpc) is 3.18. The lowest BCUT2D eigenvalue weighted by molar-refractivity contribution is -0.137. The number of rotatable bonds is 6. The number of aromatic nitrogens is 1. The fourth-order valence-corrected chi connectivity index (χ4v) is 2.66. The second-order valence-electron chi connectivity index (χ2n) is 6.01. The third-order valence-corrected chi connectivity index (χ3v) is 4.09. The van der Waals surface area contributed by atoms with E-state index in [1.807, 2.05) is 0 Å². The molecule has 154 valence electrons. The number of halogens is 5. The lowest BCUT2D eigenvalue weighted by Gasteiger charge is -2.14. The molecule has 0 saturated carbocycles. The summed E-state index contributed by atoms with van der Waals surface area (Å²) in [6, 6.07) is 9.37. The van der Waals surface area contributed by atoms with Crippen molar-refractivity contribution in [1.29, 1.82) is 5.26 Å². The van der Waals surface area contributed by atoms with Gasteiger partial charge in [-0.15, -0.1) is 0 Å². The van der Waals surface area contributed by atoms with Crippen LogP contribution >= 0.6 is 11.6 Å². The summed E-state index contributed by atoms with van der Waals surface area (Å²) >= 11 is 5.69. The average molecular weight is 439 g/mol. The molecule has 1 atom stereocenters. The van der Waals surface area contributed by atoms with Crippen LogP contribution in [-0.4, -0.2) is 17.0 Å². The first-order valence-electron chi connectivity index (χ1n) is 8.23. The van der Waals surface area contributed by atoms with E-state index in [0.717, 1.165) is 12.1 Å². The van der Waals surface area contributed by atoms with Crippen molar-refractivity contribution in [2.24, 2.45) is 0 Å². The summed E-state index contributed by atoms with van der Waals surface area (Å²) in [7, 11) is 0. The van der Waals surface area contributed by atoms with E-state index in [9.17, 15) is 27.6 Å². The minimum Gasteiger partial charge on any atom is -0.356 e. The number of hydrogen-bond donors (Lipinski definition) is 2. The van der Waals surface area contributed by atoms with E-state index >= 15 is 0 Å². The van der Waals surface area contributed by atoms with Crippen LogP contribution in [-0.2, 0) is 6.18 Å². The van der Waals surface area contributed by atoms with Gasteiger partial charge in [0.25, 0.3) is 0 Å². The number of benzene rings is 2. The van der Waals surface area contributed by atoms with Gasteiger partial charge in [0.05, 0.1) is 17.3 Å². The van der Waals surface area contributed by atoms with E-state index < -0.39 is 29.4 Å². The summed E-state index contributed by atoms with van der Waals surface area (Å²) in [5, 5.41) is 12.7. The molecular weight excluding hydrogens is 428 g/mol. The Balaban J connectivity index is 1.73. The zero-order chi connectivity index (χ0) is 21.9. The minimum absolute atomic E-state index is 0.102. The van der Waals surface area contributed by atoms with E-state index in [2.05, 4.69) is 16.0 Å². The van der Waals surface area contributed by atoms with Crippen molar-refractivity contribution in [3.63, 3.8) is 0 Å². The van der Waals surface area contributed by atoms with Gasteiger partial charge < -0.3 is 9.95 Å². The maximum Gasteiger partial charge on any atom is 0.416 e. The standard InChI is InChI=1S/C19H11ClF4N4O2/c20-12-5-11(19(22,23)24)6-14(7-12)26-27-16(9-25)18(29)15-8-17(30-28-15)10-1-3-13(21)4-2-10/h1-8,16,26-27H. The van der Waals surface area contributed by atoms with Gasteiger partial charge in [-0.25, -0.2) is 9.82 Å². The van der Waals surface area contributed by atoms with Crippen molar-refractivity contribution in [1.82, 2.24) is 10.6 Å². The first kappa shape index (κ1) is 21.3. The zero-order valence-corrected chi connectivity index (χ0v) is 15.6. The maximum absolute atomic E-state index is 13.0. The van der Waals surface area contributed by atoms with E-state index in [4.69, 9.17) is 16.1 Å². The maximum atomic E-state index is 13.0. The van der Waals surface area contributed by atoms with Gasteiger partial charge >= 0.3 is 6.18 Å². The number of hydrazine groups is 1. The van der Waals surface area contributed by atoms with Gasteiger partial charge in [0, 0.05) is 16.7 Å². The summed E-state index contributed by atoms with van der Waals surface area (Å²) in [5.74, 6) is -1.07. The van der Waals surface area contributed by atoms with Gasteiger partial charge in [-0.1, -0.05) is 16.8 Å². The smallest absolute Gasteiger partial charge is 0.356 e. The van der Waals surface area contributed by atoms with Crippen molar-refractivity contribution in [3.05, 3.63) is 70.6 Å². The van der Waals surface area contributed by atoms with Crippen LogP contribution < -0.4 is 10.9 Å². The Morgan fingerprint density at radius 2 is 1.87 bits per heavy atom. The van der Waals surface area contributed by atoms with E-state index in [1.165, 1.54) is 36.4 Å². The molecule has 0 radical (unpaired) electrons. The van der Waals surface area contributed by atoms with Gasteiger partial charge in [-0.3, -0.25) is 4.79 Å². The van der Waals surface area contributed by atoms with Crippen LogP contribution in [0.2, 0.25) is 5.02 Å². The molecule has 0 aliphatic carbocycles. The molecule has 0 aliphatic heterocycles.